The van der Waals surface area contributed by atoms with Crippen molar-refractivity contribution in [2.24, 2.45) is 0 Å². The van der Waals surface area contributed by atoms with Crippen molar-refractivity contribution < 1.29 is 4.39 Å². The summed E-state index contributed by atoms with van der Waals surface area (Å²) in [5, 5.41) is 7.66. The monoisotopic (exact) mass is 325 g/mol. The molecule has 0 saturated heterocycles. The molecule has 0 radical (unpaired) electrons. The van der Waals surface area contributed by atoms with Gasteiger partial charge < -0.3 is 5.32 Å². The van der Waals surface area contributed by atoms with E-state index in [0.717, 1.165) is 28.0 Å². The van der Waals surface area contributed by atoms with Crippen LogP contribution >= 0.6 is 15.9 Å². The second kappa shape index (κ2) is 5.84. The summed E-state index contributed by atoms with van der Waals surface area (Å²) in [5.41, 5.74) is 4.24. The summed E-state index contributed by atoms with van der Waals surface area (Å²) >= 11 is 3.31. The molecule has 0 fully saturated rings. The average molecular weight is 326 g/mol. The average Bonchev–Trinajstić information content (AvgIpc) is 2.56. The molecule has 0 aliphatic rings. The SMILES string of the molecule is CNCc1c(C)nn(Cc2cc(F)cc(Br)c2)c1C. The molecule has 0 saturated carbocycles. The van der Waals surface area contributed by atoms with Gasteiger partial charge in [-0.05, 0) is 44.7 Å². The van der Waals surface area contributed by atoms with Crippen LogP contribution in [0.5, 0.6) is 0 Å². The van der Waals surface area contributed by atoms with Crippen LogP contribution in [0, 0.1) is 19.7 Å². The van der Waals surface area contributed by atoms with Gasteiger partial charge in [-0.15, -0.1) is 0 Å². The Hall–Kier alpha value is -1.20. The van der Waals surface area contributed by atoms with E-state index in [9.17, 15) is 4.39 Å². The first-order valence-corrected chi connectivity index (χ1v) is 6.93. The molecule has 0 aliphatic heterocycles. The van der Waals surface area contributed by atoms with E-state index in [1.54, 1.807) is 6.07 Å². The van der Waals surface area contributed by atoms with Crippen molar-refractivity contribution in [3.8, 4) is 0 Å². The zero-order valence-electron chi connectivity index (χ0n) is 11.3. The lowest BCUT2D eigenvalue weighted by Gasteiger charge is -2.06. The summed E-state index contributed by atoms with van der Waals surface area (Å²) in [4.78, 5) is 0. The summed E-state index contributed by atoms with van der Waals surface area (Å²) in [7, 11) is 1.92. The molecule has 0 aliphatic carbocycles. The van der Waals surface area contributed by atoms with Gasteiger partial charge in [0.05, 0.1) is 12.2 Å². The normalized spacial score (nSPS) is 11.0. The molecule has 19 heavy (non-hydrogen) atoms. The summed E-state index contributed by atoms with van der Waals surface area (Å²) < 4.78 is 16.0. The van der Waals surface area contributed by atoms with Gasteiger partial charge >= 0.3 is 0 Å². The lowest BCUT2D eigenvalue weighted by Crippen LogP contribution is -2.08. The number of nitrogens with one attached hydrogen (secondary N) is 1. The van der Waals surface area contributed by atoms with Crippen LogP contribution < -0.4 is 5.32 Å². The minimum atomic E-state index is -0.235. The molecule has 0 amide bonds. The van der Waals surface area contributed by atoms with Crippen LogP contribution in [0.2, 0.25) is 0 Å². The second-order valence-corrected chi connectivity index (χ2v) is 5.53. The Labute approximate surface area is 121 Å². The molecule has 5 heteroatoms. The van der Waals surface area contributed by atoms with E-state index in [-0.39, 0.29) is 5.82 Å². The predicted octanol–water partition coefficient (Wildman–Crippen LogP) is 3.17. The standard InChI is InChI=1S/C14H17BrFN3/c1-9-14(7-17-3)10(2)19(18-9)8-11-4-12(15)6-13(16)5-11/h4-6,17H,7-8H2,1-3H3. The highest BCUT2D eigenvalue weighted by Crippen LogP contribution is 2.18. The summed E-state index contributed by atoms with van der Waals surface area (Å²) in [6.07, 6.45) is 0. The topological polar surface area (TPSA) is 29.9 Å². The summed E-state index contributed by atoms with van der Waals surface area (Å²) in [6.45, 7) is 5.41. The maximum atomic E-state index is 13.4. The number of hydrogen-bond donors (Lipinski definition) is 1. The van der Waals surface area contributed by atoms with Crippen LogP contribution in [0.4, 0.5) is 4.39 Å². The third-order valence-electron chi connectivity index (χ3n) is 3.14. The van der Waals surface area contributed by atoms with Gasteiger partial charge in [0.2, 0.25) is 0 Å². The number of hydrogen-bond acceptors (Lipinski definition) is 2. The van der Waals surface area contributed by atoms with Gasteiger partial charge in [0.25, 0.3) is 0 Å². The van der Waals surface area contributed by atoms with Crippen molar-refractivity contribution in [1.29, 1.82) is 0 Å². The summed E-state index contributed by atoms with van der Waals surface area (Å²) in [5.74, 6) is -0.235. The molecule has 0 unspecified atom stereocenters. The highest BCUT2D eigenvalue weighted by molar-refractivity contribution is 9.10. The molecule has 3 nitrogen and oxygen atoms in total. The van der Waals surface area contributed by atoms with Crippen molar-refractivity contribution in [3.63, 3.8) is 0 Å². The Bertz CT molecular complexity index is 572. The molecular formula is C14H17BrFN3. The number of aryl methyl sites for hydroxylation is 1. The van der Waals surface area contributed by atoms with Crippen LogP contribution in [-0.2, 0) is 13.1 Å². The predicted molar refractivity (Wildman–Crippen MR) is 77.7 cm³/mol. The fraction of sp³-hybridized carbons (Fsp3) is 0.357. The Morgan fingerprint density at radius 2 is 2.05 bits per heavy atom. The molecule has 1 N–H and O–H groups in total. The highest BCUT2D eigenvalue weighted by atomic mass is 79.9. The zero-order valence-corrected chi connectivity index (χ0v) is 12.9. The van der Waals surface area contributed by atoms with E-state index >= 15 is 0 Å². The molecule has 1 aromatic heterocycles. The zero-order chi connectivity index (χ0) is 14.0. The molecule has 0 bridgehead atoms. The smallest absolute Gasteiger partial charge is 0.124 e. The molecular weight excluding hydrogens is 309 g/mol. The molecule has 0 atom stereocenters. The first-order chi connectivity index (χ1) is 9.01. The Morgan fingerprint density at radius 1 is 1.32 bits per heavy atom. The van der Waals surface area contributed by atoms with E-state index in [2.05, 4.69) is 26.3 Å². The Balaban J connectivity index is 2.30. The third-order valence-corrected chi connectivity index (χ3v) is 3.60. The minimum Gasteiger partial charge on any atom is -0.316 e. The molecule has 2 aromatic rings. The van der Waals surface area contributed by atoms with Gasteiger partial charge in [-0.3, -0.25) is 4.68 Å². The largest absolute Gasteiger partial charge is 0.316 e. The number of nitrogens with zero attached hydrogens (tertiary/aromatic N) is 2. The third kappa shape index (κ3) is 3.22. The van der Waals surface area contributed by atoms with E-state index in [0.29, 0.717) is 6.54 Å². The number of halogens is 2. The van der Waals surface area contributed by atoms with Gasteiger partial charge in [0, 0.05) is 22.3 Å². The Morgan fingerprint density at radius 3 is 2.68 bits per heavy atom. The fourth-order valence-corrected chi connectivity index (χ4v) is 2.71. The molecule has 0 spiro atoms. The van der Waals surface area contributed by atoms with Crippen molar-refractivity contribution in [1.82, 2.24) is 15.1 Å². The van der Waals surface area contributed by atoms with Gasteiger partial charge in [0.15, 0.2) is 0 Å². The van der Waals surface area contributed by atoms with E-state index < -0.39 is 0 Å². The minimum absolute atomic E-state index is 0.235. The van der Waals surface area contributed by atoms with Gasteiger partial charge in [0.1, 0.15) is 5.82 Å². The maximum Gasteiger partial charge on any atom is 0.124 e. The van der Waals surface area contributed by atoms with E-state index in [1.807, 2.05) is 31.6 Å². The number of aromatic nitrogens is 2. The van der Waals surface area contributed by atoms with Crippen LogP contribution in [0.15, 0.2) is 22.7 Å². The van der Waals surface area contributed by atoms with Crippen molar-refractivity contribution in [3.05, 3.63) is 51.0 Å². The maximum absolute atomic E-state index is 13.4. The van der Waals surface area contributed by atoms with E-state index in [4.69, 9.17) is 0 Å². The van der Waals surface area contributed by atoms with Crippen molar-refractivity contribution in [2.75, 3.05) is 7.05 Å². The van der Waals surface area contributed by atoms with Crippen LogP contribution in [-0.4, -0.2) is 16.8 Å². The van der Waals surface area contributed by atoms with Crippen LogP contribution in [0.1, 0.15) is 22.5 Å². The Kier molecular flexibility index (Phi) is 4.37. The summed E-state index contributed by atoms with van der Waals surface area (Å²) in [6, 6.07) is 4.91. The molecule has 1 aromatic carbocycles. The van der Waals surface area contributed by atoms with E-state index in [1.165, 1.54) is 11.6 Å². The molecule has 1 heterocycles. The quantitative estimate of drug-likeness (QED) is 0.935. The highest BCUT2D eigenvalue weighted by Gasteiger charge is 2.11. The first kappa shape index (κ1) is 14.2. The fourth-order valence-electron chi connectivity index (χ4n) is 2.20. The lowest BCUT2D eigenvalue weighted by molar-refractivity contribution is 0.614. The van der Waals surface area contributed by atoms with Crippen molar-refractivity contribution in [2.45, 2.75) is 26.9 Å². The first-order valence-electron chi connectivity index (χ1n) is 6.13. The van der Waals surface area contributed by atoms with Gasteiger partial charge in [-0.1, -0.05) is 15.9 Å². The van der Waals surface area contributed by atoms with Gasteiger partial charge in [-0.25, -0.2) is 4.39 Å². The lowest BCUT2D eigenvalue weighted by atomic mass is 10.2. The number of benzene rings is 1. The molecule has 2 rings (SSSR count). The van der Waals surface area contributed by atoms with Crippen LogP contribution in [0.3, 0.4) is 0 Å². The molecule has 102 valence electrons. The second-order valence-electron chi connectivity index (χ2n) is 4.62. The van der Waals surface area contributed by atoms with Crippen molar-refractivity contribution >= 4 is 15.9 Å². The van der Waals surface area contributed by atoms with Crippen LogP contribution in [0.25, 0.3) is 0 Å². The number of rotatable bonds is 4. The van der Waals surface area contributed by atoms with Gasteiger partial charge in [-0.2, -0.15) is 5.10 Å².